The lowest BCUT2D eigenvalue weighted by molar-refractivity contribution is -0.143. The summed E-state index contributed by atoms with van der Waals surface area (Å²) in [6.45, 7) is 3.81. The number of benzene rings is 3. The van der Waals surface area contributed by atoms with E-state index >= 15 is 0 Å². The van der Waals surface area contributed by atoms with Crippen LogP contribution >= 0.6 is 11.3 Å². The number of sulfonamides is 1. The minimum Gasteiger partial charge on any atom is -0.465 e. The number of halogens is 1. The zero-order valence-electron chi connectivity index (χ0n) is 19.4. The molecular formula is C25H22FN3O5S2. The predicted octanol–water partition coefficient (Wildman–Crippen LogP) is 4.26. The van der Waals surface area contributed by atoms with Crippen molar-refractivity contribution >= 4 is 49.1 Å². The van der Waals surface area contributed by atoms with Crippen molar-refractivity contribution in [3.63, 3.8) is 0 Å². The van der Waals surface area contributed by atoms with E-state index in [1.54, 1.807) is 11.5 Å². The lowest BCUT2D eigenvalue weighted by atomic mass is 10.2. The number of aryl methyl sites for hydroxylation is 1. The quantitative estimate of drug-likeness (QED) is 0.362. The number of carbonyl (C=O) groups excluding carboxylic acids is 2. The van der Waals surface area contributed by atoms with Gasteiger partial charge in [-0.1, -0.05) is 17.4 Å². The molecule has 0 unspecified atom stereocenters. The Bertz CT molecular complexity index is 1610. The molecule has 4 aromatic rings. The molecule has 0 saturated carbocycles. The van der Waals surface area contributed by atoms with Gasteiger partial charge in [0.25, 0.3) is 15.9 Å². The molecular weight excluding hydrogens is 505 g/mol. The first-order valence-electron chi connectivity index (χ1n) is 10.9. The van der Waals surface area contributed by atoms with Gasteiger partial charge in [-0.05, 0) is 80.1 Å². The van der Waals surface area contributed by atoms with Gasteiger partial charge in [-0.25, -0.2) is 12.8 Å². The fourth-order valence-electron chi connectivity index (χ4n) is 3.41. The van der Waals surface area contributed by atoms with Crippen LogP contribution in [0.15, 0.2) is 76.6 Å². The maximum atomic E-state index is 13.1. The number of hydrogen-bond acceptors (Lipinski definition) is 6. The number of rotatable bonds is 7. The van der Waals surface area contributed by atoms with E-state index < -0.39 is 27.7 Å². The van der Waals surface area contributed by atoms with Crippen molar-refractivity contribution in [1.82, 2.24) is 4.57 Å². The number of nitrogens with zero attached hydrogens (tertiary/aromatic N) is 2. The summed E-state index contributed by atoms with van der Waals surface area (Å²) < 4.78 is 48.1. The van der Waals surface area contributed by atoms with Gasteiger partial charge in [0.15, 0.2) is 4.80 Å². The van der Waals surface area contributed by atoms with Gasteiger partial charge in [-0.3, -0.25) is 14.3 Å². The molecule has 0 saturated heterocycles. The van der Waals surface area contributed by atoms with Crippen molar-refractivity contribution in [3.05, 3.63) is 88.5 Å². The Morgan fingerprint density at radius 2 is 1.75 bits per heavy atom. The number of ether oxygens (including phenoxy) is 1. The van der Waals surface area contributed by atoms with Crippen LogP contribution < -0.4 is 9.52 Å². The van der Waals surface area contributed by atoms with E-state index in [9.17, 15) is 22.4 Å². The standard InChI is InChI=1S/C25H22FN3O5S2/c1-3-34-23(30)15-29-21-13-4-16(2)14-22(21)35-25(29)27-24(31)17-5-9-19(10-6-17)28-36(32,33)20-11-7-18(26)8-12-20/h4-14,28H,3,15H2,1-2H3. The number of esters is 1. The van der Waals surface area contributed by atoms with Crippen molar-refractivity contribution < 1.29 is 27.1 Å². The summed E-state index contributed by atoms with van der Waals surface area (Å²) in [4.78, 5) is 29.5. The summed E-state index contributed by atoms with van der Waals surface area (Å²) in [5, 5.41) is 0. The Morgan fingerprint density at radius 1 is 1.06 bits per heavy atom. The molecule has 1 amide bonds. The minimum atomic E-state index is -3.92. The van der Waals surface area contributed by atoms with E-state index in [0.717, 1.165) is 40.0 Å². The van der Waals surface area contributed by atoms with Gasteiger partial charge < -0.3 is 9.30 Å². The normalized spacial score (nSPS) is 12.0. The van der Waals surface area contributed by atoms with Crippen LogP contribution in [0.2, 0.25) is 0 Å². The van der Waals surface area contributed by atoms with E-state index in [1.165, 1.54) is 35.6 Å². The van der Waals surface area contributed by atoms with Crippen LogP contribution in [0.5, 0.6) is 0 Å². The molecule has 0 atom stereocenters. The molecule has 4 rings (SSSR count). The first kappa shape index (κ1) is 25.3. The average Bonchev–Trinajstić information content (AvgIpc) is 3.15. The summed E-state index contributed by atoms with van der Waals surface area (Å²) in [7, 11) is -3.92. The Kier molecular flexibility index (Phi) is 7.32. The average molecular weight is 528 g/mol. The lowest BCUT2D eigenvalue weighted by Crippen LogP contribution is -2.23. The Labute approximate surface area is 210 Å². The molecule has 36 heavy (non-hydrogen) atoms. The Morgan fingerprint density at radius 3 is 2.42 bits per heavy atom. The van der Waals surface area contributed by atoms with Crippen molar-refractivity contribution in [2.45, 2.75) is 25.3 Å². The highest BCUT2D eigenvalue weighted by Crippen LogP contribution is 2.20. The van der Waals surface area contributed by atoms with Crippen LogP contribution in [-0.4, -0.2) is 31.5 Å². The van der Waals surface area contributed by atoms with Gasteiger partial charge in [-0.2, -0.15) is 4.99 Å². The number of nitrogens with one attached hydrogen (secondary N) is 1. The fourth-order valence-corrected chi connectivity index (χ4v) is 5.60. The molecule has 0 aliphatic rings. The molecule has 0 aliphatic carbocycles. The molecule has 0 spiro atoms. The molecule has 1 N–H and O–H groups in total. The Hall–Kier alpha value is -3.83. The van der Waals surface area contributed by atoms with Crippen molar-refractivity contribution in [2.24, 2.45) is 4.99 Å². The highest BCUT2D eigenvalue weighted by atomic mass is 32.2. The summed E-state index contributed by atoms with van der Waals surface area (Å²) in [6, 6.07) is 15.9. The van der Waals surface area contributed by atoms with Gasteiger partial charge in [0.1, 0.15) is 12.4 Å². The molecule has 11 heteroatoms. The van der Waals surface area contributed by atoms with Crippen molar-refractivity contribution in [2.75, 3.05) is 11.3 Å². The van der Waals surface area contributed by atoms with Crippen LogP contribution in [0.25, 0.3) is 10.2 Å². The van der Waals surface area contributed by atoms with Crippen LogP contribution in [-0.2, 0) is 26.1 Å². The smallest absolute Gasteiger partial charge is 0.326 e. The number of amides is 1. The van der Waals surface area contributed by atoms with E-state index in [0.29, 0.717) is 4.80 Å². The SMILES string of the molecule is CCOC(=O)Cn1c(=NC(=O)c2ccc(NS(=O)(=O)c3ccc(F)cc3)cc2)sc2cc(C)ccc21. The topological polar surface area (TPSA) is 107 Å². The van der Waals surface area contributed by atoms with Crippen LogP contribution in [0, 0.1) is 12.7 Å². The zero-order valence-corrected chi connectivity index (χ0v) is 21.0. The van der Waals surface area contributed by atoms with Crippen LogP contribution in [0.1, 0.15) is 22.8 Å². The number of fused-ring (bicyclic) bond motifs is 1. The van der Waals surface area contributed by atoms with Crippen LogP contribution in [0.4, 0.5) is 10.1 Å². The first-order valence-corrected chi connectivity index (χ1v) is 13.2. The minimum absolute atomic E-state index is 0.0902. The highest BCUT2D eigenvalue weighted by Gasteiger charge is 2.16. The number of aromatic nitrogens is 1. The largest absolute Gasteiger partial charge is 0.465 e. The molecule has 0 radical (unpaired) electrons. The summed E-state index contributed by atoms with van der Waals surface area (Å²) in [5.41, 5.74) is 2.25. The van der Waals surface area contributed by atoms with Crippen molar-refractivity contribution in [3.8, 4) is 0 Å². The molecule has 0 aliphatic heterocycles. The summed E-state index contributed by atoms with van der Waals surface area (Å²) in [6.07, 6.45) is 0. The predicted molar refractivity (Wildman–Crippen MR) is 135 cm³/mol. The molecule has 0 bridgehead atoms. The van der Waals surface area contributed by atoms with E-state index in [-0.39, 0.29) is 29.3 Å². The van der Waals surface area contributed by atoms with Gasteiger partial charge in [0.05, 0.1) is 21.7 Å². The van der Waals surface area contributed by atoms with E-state index in [4.69, 9.17) is 4.74 Å². The molecule has 1 heterocycles. The third-order valence-corrected chi connectivity index (χ3v) is 7.57. The maximum absolute atomic E-state index is 13.1. The monoisotopic (exact) mass is 527 g/mol. The molecule has 8 nitrogen and oxygen atoms in total. The van der Waals surface area contributed by atoms with Gasteiger partial charge in [-0.15, -0.1) is 0 Å². The third-order valence-electron chi connectivity index (χ3n) is 5.14. The van der Waals surface area contributed by atoms with E-state index in [1.807, 2.05) is 25.1 Å². The number of thiazole rings is 1. The number of carbonyl (C=O) groups is 2. The maximum Gasteiger partial charge on any atom is 0.326 e. The third kappa shape index (κ3) is 5.69. The zero-order chi connectivity index (χ0) is 25.9. The molecule has 0 fully saturated rings. The van der Waals surface area contributed by atoms with Gasteiger partial charge in [0.2, 0.25) is 0 Å². The summed E-state index contributed by atoms with van der Waals surface area (Å²) in [5.74, 6) is -1.54. The second kappa shape index (κ2) is 10.4. The van der Waals surface area contributed by atoms with E-state index in [2.05, 4.69) is 9.71 Å². The Balaban J connectivity index is 1.61. The highest BCUT2D eigenvalue weighted by molar-refractivity contribution is 7.92. The van der Waals surface area contributed by atoms with Crippen LogP contribution in [0.3, 0.4) is 0 Å². The lowest BCUT2D eigenvalue weighted by Gasteiger charge is -2.08. The molecule has 1 aromatic heterocycles. The first-order chi connectivity index (χ1) is 17.2. The second-order valence-electron chi connectivity index (χ2n) is 7.80. The number of anilines is 1. The van der Waals surface area contributed by atoms with Gasteiger partial charge >= 0.3 is 5.97 Å². The molecule has 186 valence electrons. The molecule has 3 aromatic carbocycles. The fraction of sp³-hybridized carbons (Fsp3) is 0.160. The van der Waals surface area contributed by atoms with Crippen molar-refractivity contribution in [1.29, 1.82) is 0 Å². The summed E-state index contributed by atoms with van der Waals surface area (Å²) >= 11 is 1.28. The van der Waals surface area contributed by atoms with Gasteiger partial charge in [0, 0.05) is 11.3 Å². The number of hydrogen-bond donors (Lipinski definition) is 1. The second-order valence-corrected chi connectivity index (χ2v) is 10.5.